The summed E-state index contributed by atoms with van der Waals surface area (Å²) in [5, 5.41) is 5.31. The summed E-state index contributed by atoms with van der Waals surface area (Å²) in [7, 11) is 0. The molecular formula is C20H24N2O4. The van der Waals surface area contributed by atoms with Crippen molar-refractivity contribution in [3.05, 3.63) is 59.7 Å². The number of ether oxygens (including phenoxy) is 2. The lowest BCUT2D eigenvalue weighted by atomic mass is 10.2. The monoisotopic (exact) mass is 356 g/mol. The number of carbonyl (C=O) groups excluding carboxylic acids is 2. The minimum atomic E-state index is -0.494. The first-order valence-electron chi connectivity index (χ1n) is 8.54. The van der Waals surface area contributed by atoms with Gasteiger partial charge in [0.05, 0.1) is 13.2 Å². The smallest absolute Gasteiger partial charge is 0.411 e. The summed E-state index contributed by atoms with van der Waals surface area (Å²) in [5.41, 5.74) is 3.62. The van der Waals surface area contributed by atoms with Crippen molar-refractivity contribution in [3.8, 4) is 0 Å². The number of hydrogen-bond acceptors (Lipinski definition) is 4. The summed E-state index contributed by atoms with van der Waals surface area (Å²) in [5.74, 6) is 0. The zero-order valence-electron chi connectivity index (χ0n) is 15.1. The quantitative estimate of drug-likeness (QED) is 0.693. The highest BCUT2D eigenvalue weighted by Crippen LogP contribution is 2.10. The van der Waals surface area contributed by atoms with Crippen LogP contribution in [0.15, 0.2) is 48.5 Å². The van der Waals surface area contributed by atoms with E-state index in [1.165, 1.54) is 0 Å². The van der Waals surface area contributed by atoms with Crippen LogP contribution in [-0.2, 0) is 9.47 Å². The molecule has 0 aliphatic heterocycles. The van der Waals surface area contributed by atoms with Crippen molar-refractivity contribution < 1.29 is 19.1 Å². The van der Waals surface area contributed by atoms with Gasteiger partial charge in [-0.25, -0.2) is 9.59 Å². The van der Waals surface area contributed by atoms with E-state index >= 15 is 0 Å². The maximum absolute atomic E-state index is 11.6. The van der Waals surface area contributed by atoms with Crippen molar-refractivity contribution >= 4 is 23.6 Å². The minimum Gasteiger partial charge on any atom is -0.449 e. The fourth-order valence-corrected chi connectivity index (χ4v) is 2.12. The van der Waals surface area contributed by atoms with Crippen molar-refractivity contribution in [3.63, 3.8) is 0 Å². The van der Waals surface area contributed by atoms with E-state index in [4.69, 9.17) is 9.47 Å². The third kappa shape index (κ3) is 7.25. The van der Waals surface area contributed by atoms with Gasteiger partial charge < -0.3 is 9.47 Å². The third-order valence-electron chi connectivity index (χ3n) is 3.60. The molecule has 138 valence electrons. The van der Waals surface area contributed by atoms with Crippen LogP contribution in [0.4, 0.5) is 21.0 Å². The van der Waals surface area contributed by atoms with Crippen molar-refractivity contribution in [1.29, 1.82) is 0 Å². The molecule has 0 heterocycles. The fraction of sp³-hybridized carbons (Fsp3) is 0.300. The van der Waals surface area contributed by atoms with Gasteiger partial charge in [0.15, 0.2) is 0 Å². The van der Waals surface area contributed by atoms with Crippen LogP contribution in [0, 0.1) is 13.8 Å². The molecule has 2 rings (SSSR count). The molecule has 0 saturated carbocycles. The predicted molar refractivity (Wildman–Crippen MR) is 102 cm³/mol. The molecule has 6 nitrogen and oxygen atoms in total. The van der Waals surface area contributed by atoms with E-state index in [0.717, 1.165) is 11.1 Å². The van der Waals surface area contributed by atoms with E-state index in [-0.39, 0.29) is 13.2 Å². The van der Waals surface area contributed by atoms with E-state index in [9.17, 15) is 9.59 Å². The van der Waals surface area contributed by atoms with Crippen LogP contribution in [-0.4, -0.2) is 25.4 Å². The molecule has 2 N–H and O–H groups in total. The number of carbonyl (C=O) groups is 2. The van der Waals surface area contributed by atoms with Crippen molar-refractivity contribution in [1.82, 2.24) is 0 Å². The Labute approximate surface area is 153 Å². The molecule has 0 saturated heterocycles. The number of rotatable bonds is 7. The molecule has 0 spiro atoms. The minimum absolute atomic E-state index is 0.265. The molecule has 2 aromatic carbocycles. The first-order valence-corrected chi connectivity index (χ1v) is 8.54. The number of nitrogens with one attached hydrogen (secondary N) is 2. The molecule has 26 heavy (non-hydrogen) atoms. The standard InChI is InChI=1S/C20H24N2O4/c1-15-5-9-17(10-6-15)21-19(23)25-13-3-4-14-26-20(24)22-18-11-7-16(2)8-12-18/h5-12H,3-4,13-14H2,1-2H3,(H,21,23)(H,22,24). The molecule has 0 fully saturated rings. The van der Waals surface area contributed by atoms with E-state index in [1.54, 1.807) is 0 Å². The zero-order valence-corrected chi connectivity index (χ0v) is 15.1. The Bertz CT molecular complexity index is 648. The maximum atomic E-state index is 11.6. The molecule has 0 aliphatic carbocycles. The van der Waals surface area contributed by atoms with Gasteiger partial charge in [-0.05, 0) is 51.0 Å². The summed E-state index contributed by atoms with van der Waals surface area (Å²) in [4.78, 5) is 23.3. The molecule has 0 unspecified atom stereocenters. The Hall–Kier alpha value is -3.02. The van der Waals surface area contributed by atoms with E-state index in [2.05, 4.69) is 10.6 Å². The summed E-state index contributed by atoms with van der Waals surface area (Å²) in [6, 6.07) is 14.9. The molecule has 0 radical (unpaired) electrons. The van der Waals surface area contributed by atoms with Crippen LogP contribution < -0.4 is 10.6 Å². The van der Waals surface area contributed by atoms with Gasteiger partial charge >= 0.3 is 12.2 Å². The van der Waals surface area contributed by atoms with E-state index in [0.29, 0.717) is 24.2 Å². The lowest BCUT2D eigenvalue weighted by Gasteiger charge is -2.08. The normalized spacial score (nSPS) is 10.1. The maximum Gasteiger partial charge on any atom is 0.411 e. The van der Waals surface area contributed by atoms with Crippen molar-refractivity contribution in [2.75, 3.05) is 23.8 Å². The van der Waals surface area contributed by atoms with Crippen LogP contribution in [0.25, 0.3) is 0 Å². The van der Waals surface area contributed by atoms with Crippen LogP contribution in [0.3, 0.4) is 0 Å². The second-order valence-corrected chi connectivity index (χ2v) is 5.96. The van der Waals surface area contributed by atoms with Gasteiger partial charge in [-0.3, -0.25) is 10.6 Å². The lowest BCUT2D eigenvalue weighted by Crippen LogP contribution is -2.16. The Morgan fingerprint density at radius 2 is 1.04 bits per heavy atom. The largest absolute Gasteiger partial charge is 0.449 e. The van der Waals surface area contributed by atoms with Crippen LogP contribution in [0.1, 0.15) is 24.0 Å². The molecule has 0 bridgehead atoms. The van der Waals surface area contributed by atoms with Gasteiger partial charge in [0.25, 0.3) is 0 Å². The molecule has 2 amide bonds. The molecule has 0 aliphatic rings. The molecule has 2 aromatic rings. The number of hydrogen-bond donors (Lipinski definition) is 2. The highest BCUT2D eigenvalue weighted by Gasteiger charge is 2.04. The van der Waals surface area contributed by atoms with Gasteiger partial charge in [-0.1, -0.05) is 35.4 Å². The average Bonchev–Trinajstić information content (AvgIpc) is 2.62. The van der Waals surface area contributed by atoms with Crippen LogP contribution in [0.5, 0.6) is 0 Å². The Balaban J connectivity index is 1.53. The molecule has 0 aromatic heterocycles. The second-order valence-electron chi connectivity index (χ2n) is 5.96. The topological polar surface area (TPSA) is 76.7 Å². The lowest BCUT2D eigenvalue weighted by molar-refractivity contribution is 0.143. The predicted octanol–water partition coefficient (Wildman–Crippen LogP) is 4.88. The number of anilines is 2. The van der Waals surface area contributed by atoms with Gasteiger partial charge in [0, 0.05) is 11.4 Å². The number of benzene rings is 2. The molecule has 0 atom stereocenters. The first-order chi connectivity index (χ1) is 12.5. The second kappa shape index (κ2) is 10.1. The summed E-state index contributed by atoms with van der Waals surface area (Å²) < 4.78 is 10.2. The summed E-state index contributed by atoms with van der Waals surface area (Å²) in [6.45, 7) is 4.48. The van der Waals surface area contributed by atoms with Crippen LogP contribution >= 0.6 is 0 Å². The SMILES string of the molecule is Cc1ccc(NC(=O)OCCCCOC(=O)Nc2ccc(C)cc2)cc1. The van der Waals surface area contributed by atoms with Gasteiger partial charge in [0.1, 0.15) is 0 Å². The van der Waals surface area contributed by atoms with Crippen molar-refractivity contribution in [2.45, 2.75) is 26.7 Å². The zero-order chi connectivity index (χ0) is 18.8. The highest BCUT2D eigenvalue weighted by atomic mass is 16.6. The molecule has 6 heteroatoms. The number of unbranched alkanes of at least 4 members (excludes halogenated alkanes) is 1. The van der Waals surface area contributed by atoms with Gasteiger partial charge in [-0.15, -0.1) is 0 Å². The third-order valence-corrected chi connectivity index (χ3v) is 3.60. The molecular weight excluding hydrogens is 332 g/mol. The van der Waals surface area contributed by atoms with E-state index in [1.807, 2.05) is 62.4 Å². The van der Waals surface area contributed by atoms with Crippen LogP contribution in [0.2, 0.25) is 0 Å². The summed E-state index contributed by atoms with van der Waals surface area (Å²) in [6.07, 6.45) is 0.233. The highest BCUT2D eigenvalue weighted by molar-refractivity contribution is 5.85. The van der Waals surface area contributed by atoms with Crippen molar-refractivity contribution in [2.24, 2.45) is 0 Å². The Morgan fingerprint density at radius 3 is 1.38 bits per heavy atom. The number of amides is 2. The number of aryl methyl sites for hydroxylation is 2. The fourth-order valence-electron chi connectivity index (χ4n) is 2.12. The van der Waals surface area contributed by atoms with E-state index < -0.39 is 12.2 Å². The first kappa shape index (κ1) is 19.3. The Kier molecular flexibility index (Phi) is 7.49. The Morgan fingerprint density at radius 1 is 0.692 bits per heavy atom. The summed E-state index contributed by atoms with van der Waals surface area (Å²) >= 11 is 0. The average molecular weight is 356 g/mol. The van der Waals surface area contributed by atoms with Gasteiger partial charge in [0.2, 0.25) is 0 Å². The van der Waals surface area contributed by atoms with Gasteiger partial charge in [-0.2, -0.15) is 0 Å².